The number of benzene rings is 4. The minimum absolute atomic E-state index is 0. The van der Waals surface area contributed by atoms with Crippen LogP contribution in [0.2, 0.25) is 0 Å². The molecule has 3 amide bonds. The second kappa shape index (κ2) is 31.0. The Morgan fingerprint density at radius 3 is 1.41 bits per heavy atom. The molecule has 6 aromatic rings. The molecule has 10 rings (SSSR count). The van der Waals surface area contributed by atoms with E-state index in [0.29, 0.717) is 49.5 Å². The summed E-state index contributed by atoms with van der Waals surface area (Å²) in [5.74, 6) is -1.48. The second-order valence-corrected chi connectivity index (χ2v) is 22.6. The molecule has 15 nitrogen and oxygen atoms in total. The SMILES string of the molecule is C.C.C.C.CN[C@@H](C)C(=O)N[C@H](C(=O)N1CCC[C@H]1c1nc(-c2ccc(F)c3ccccc23)cs1)C1CCC(O)CC1.CN[C@@H](C)C(=O)O.N[C@H](C(=O)N1CCC[C@H]1c1nc(-c2ccc(F)c3ccccc23)cs1)C1CCC(O)CC1. The Kier molecular flexibility index (Phi) is 25.9. The van der Waals surface area contributed by atoms with Crippen LogP contribution in [0.5, 0.6) is 0 Å². The average Bonchev–Trinajstić information content (AvgIpc) is 4.39. The number of hydrogen-bond donors (Lipinski definition) is 7. The number of aliphatic hydroxyl groups excluding tert-OH is 2. The van der Waals surface area contributed by atoms with Gasteiger partial charge in [0.05, 0.1) is 47.8 Å². The summed E-state index contributed by atoms with van der Waals surface area (Å²) in [6.07, 6.45) is 8.57. The fourth-order valence-corrected chi connectivity index (χ4v) is 13.0. The molecule has 2 saturated heterocycles. The molecule has 81 heavy (non-hydrogen) atoms. The Labute approximate surface area is 486 Å². The molecule has 2 aromatic heterocycles. The number of nitrogens with two attached hydrogens (primary N) is 1. The topological polar surface area (TPSA) is 223 Å². The molecule has 444 valence electrons. The molecule has 6 atom stereocenters. The molecule has 8 N–H and O–H groups in total. The summed E-state index contributed by atoms with van der Waals surface area (Å²) < 4.78 is 28.6. The Balaban J connectivity index is 0.000000301. The van der Waals surface area contributed by atoms with Gasteiger partial charge in [-0.2, -0.15) is 0 Å². The molecule has 2 aliphatic heterocycles. The number of aliphatic carboxylic acids is 1. The number of likely N-dealkylation sites (tertiary alicyclic amines) is 2. The molecule has 4 heterocycles. The van der Waals surface area contributed by atoms with Crippen molar-refractivity contribution in [1.29, 1.82) is 0 Å². The first-order chi connectivity index (χ1) is 37.1. The summed E-state index contributed by atoms with van der Waals surface area (Å²) in [6.45, 7) is 4.67. The highest BCUT2D eigenvalue weighted by Crippen LogP contribution is 2.41. The molecular weight excluding hydrogens is 1070 g/mol. The van der Waals surface area contributed by atoms with Crippen molar-refractivity contribution in [2.24, 2.45) is 17.6 Å². The normalized spacial score (nSPS) is 21.9. The molecule has 19 heteroatoms. The van der Waals surface area contributed by atoms with E-state index in [4.69, 9.17) is 20.8 Å². The number of hydrogen-bond acceptors (Lipinski definition) is 13. The number of carbonyl (C=O) groups is 4. The summed E-state index contributed by atoms with van der Waals surface area (Å²) in [6, 6.07) is 19.1. The van der Waals surface area contributed by atoms with E-state index < -0.39 is 30.1 Å². The Morgan fingerprint density at radius 2 is 1.00 bits per heavy atom. The number of carbonyl (C=O) groups excluding carboxylic acids is 3. The van der Waals surface area contributed by atoms with Crippen LogP contribution >= 0.6 is 22.7 Å². The first-order valence-corrected chi connectivity index (χ1v) is 28.7. The van der Waals surface area contributed by atoms with E-state index in [-0.39, 0.29) is 95.2 Å². The van der Waals surface area contributed by atoms with Crippen molar-refractivity contribution in [1.82, 2.24) is 35.7 Å². The minimum atomic E-state index is -0.817. The molecule has 0 spiro atoms. The summed E-state index contributed by atoms with van der Waals surface area (Å²) in [4.78, 5) is 63.6. The van der Waals surface area contributed by atoms with Gasteiger partial charge in [0.2, 0.25) is 17.7 Å². The van der Waals surface area contributed by atoms with Gasteiger partial charge in [-0.3, -0.25) is 19.2 Å². The van der Waals surface area contributed by atoms with Crippen LogP contribution in [0.1, 0.15) is 143 Å². The Morgan fingerprint density at radius 1 is 0.593 bits per heavy atom. The standard InChI is InChI=1S/C29H35FN4O3S.C25H28FN3O2S.C4H9NO2.4CH4/c1-17(31-2)27(36)33-26(18-9-11-19(35)12-10-18)29(37)34-15-5-8-25(34)28-32-24(16-38-28)22-13-14-23(30)21-7-4-3-6-20(21)22;26-20-12-11-19(17-4-1-2-5-18(17)20)21-14-32-24(28-21)22-6-3-13-29(22)25(31)23(27)15-7-9-16(30)10-8-15;1-3(5-2)4(6)7;;;;/h3-4,6-7,13-14,16-19,25-26,31,35H,5,8-12,15H2,1-2H3,(H,33,36);1-2,4-5,11-12,14-16,22-23,30H,3,6-10,13,27H2;3,5H,1-2H3,(H,6,7);4*1H4/t17-,18?,19?,25-,26-;15?,16?,22-,23-;3-;;;;/m000..../s1. The number of aliphatic hydroxyl groups is 2. The zero-order valence-electron chi connectivity index (χ0n) is 44.2. The van der Waals surface area contributed by atoms with Gasteiger partial charge in [-0.05, 0) is 152 Å². The van der Waals surface area contributed by atoms with Gasteiger partial charge in [0.25, 0.3) is 0 Å². The lowest BCUT2D eigenvalue weighted by atomic mass is 9.81. The maximum Gasteiger partial charge on any atom is 0.320 e. The van der Waals surface area contributed by atoms with E-state index in [9.17, 15) is 38.2 Å². The highest BCUT2D eigenvalue weighted by atomic mass is 32.1. The number of nitrogens with zero attached hydrogens (tertiary/aromatic N) is 4. The number of rotatable bonds is 13. The van der Waals surface area contributed by atoms with E-state index in [2.05, 4.69) is 16.0 Å². The minimum Gasteiger partial charge on any atom is -0.480 e. The summed E-state index contributed by atoms with van der Waals surface area (Å²) in [5, 5.41) is 45.0. The van der Waals surface area contributed by atoms with E-state index in [1.165, 1.54) is 23.5 Å². The number of nitrogens with one attached hydrogen (secondary N) is 3. The van der Waals surface area contributed by atoms with Gasteiger partial charge >= 0.3 is 5.97 Å². The van der Waals surface area contributed by atoms with E-state index in [0.717, 1.165) is 94.7 Å². The van der Waals surface area contributed by atoms with Crippen LogP contribution in [0, 0.1) is 23.5 Å². The summed E-state index contributed by atoms with van der Waals surface area (Å²) in [7, 11) is 3.33. The number of carboxylic acid groups (broad SMARTS) is 1. The van der Waals surface area contributed by atoms with Crippen LogP contribution in [0.4, 0.5) is 8.78 Å². The number of likely N-dealkylation sites (N-methyl/N-ethyl adjacent to an activating group) is 2. The molecule has 0 radical (unpaired) electrons. The third kappa shape index (κ3) is 15.9. The third-order valence-corrected chi connectivity index (χ3v) is 17.8. The van der Waals surface area contributed by atoms with Crippen molar-refractivity contribution >= 4 is 67.9 Å². The van der Waals surface area contributed by atoms with Crippen molar-refractivity contribution in [2.45, 2.75) is 169 Å². The zero-order chi connectivity index (χ0) is 54.9. The van der Waals surface area contributed by atoms with Gasteiger partial charge in [0.1, 0.15) is 33.7 Å². The number of aromatic nitrogens is 2. The van der Waals surface area contributed by atoms with Gasteiger partial charge in [-0.1, -0.05) is 78.2 Å². The van der Waals surface area contributed by atoms with E-state index in [1.54, 1.807) is 63.5 Å². The average molecular weight is 1160 g/mol. The lowest BCUT2D eigenvalue weighted by molar-refractivity contribution is -0.140. The number of carboxylic acids is 1. The van der Waals surface area contributed by atoms with Crippen LogP contribution in [-0.4, -0.2) is 122 Å². The fourth-order valence-electron chi connectivity index (χ4n) is 11.1. The monoisotopic (exact) mass is 1160 g/mol. The predicted molar refractivity (Wildman–Crippen MR) is 325 cm³/mol. The van der Waals surface area contributed by atoms with Crippen LogP contribution < -0.4 is 21.7 Å². The van der Waals surface area contributed by atoms with Gasteiger partial charge in [0, 0.05) is 45.7 Å². The third-order valence-electron chi connectivity index (χ3n) is 15.9. The smallest absolute Gasteiger partial charge is 0.320 e. The molecule has 4 aromatic carbocycles. The highest BCUT2D eigenvalue weighted by molar-refractivity contribution is 7.10. The number of thiazole rings is 2. The lowest BCUT2D eigenvalue weighted by Gasteiger charge is -2.36. The maximum absolute atomic E-state index is 14.4. The van der Waals surface area contributed by atoms with Gasteiger partial charge in [0.15, 0.2) is 0 Å². The van der Waals surface area contributed by atoms with Crippen LogP contribution in [0.25, 0.3) is 44.1 Å². The molecule has 0 unspecified atom stereocenters. The van der Waals surface area contributed by atoms with Crippen molar-refractivity contribution < 1.29 is 43.3 Å². The first-order valence-electron chi connectivity index (χ1n) is 26.9. The molecule has 0 bridgehead atoms. The first kappa shape index (κ1) is 67.7. The second-order valence-electron chi connectivity index (χ2n) is 20.8. The van der Waals surface area contributed by atoms with Crippen LogP contribution in [-0.2, 0) is 19.2 Å². The van der Waals surface area contributed by atoms with Crippen LogP contribution in [0.3, 0.4) is 0 Å². The van der Waals surface area contributed by atoms with Crippen LogP contribution in [0.15, 0.2) is 83.6 Å². The predicted octanol–water partition coefficient (Wildman–Crippen LogP) is 11.3. The Bertz CT molecular complexity index is 3000. The quantitative estimate of drug-likeness (QED) is 0.0574. The van der Waals surface area contributed by atoms with Crippen molar-refractivity contribution in [3.63, 3.8) is 0 Å². The molecular formula is C62H88F2N8O7S2. The van der Waals surface area contributed by atoms with Gasteiger partial charge in [-0.15, -0.1) is 22.7 Å². The Hall–Kier alpha value is -5.80. The van der Waals surface area contributed by atoms with Crippen molar-refractivity contribution in [3.05, 3.63) is 105 Å². The summed E-state index contributed by atoms with van der Waals surface area (Å²) >= 11 is 3.07. The number of halogens is 2. The van der Waals surface area contributed by atoms with Gasteiger partial charge < -0.3 is 46.8 Å². The zero-order valence-corrected chi connectivity index (χ0v) is 45.8. The van der Waals surface area contributed by atoms with Gasteiger partial charge in [-0.25, -0.2) is 18.7 Å². The molecule has 4 aliphatic rings. The lowest BCUT2D eigenvalue weighted by Crippen LogP contribution is -2.55. The molecule has 2 aliphatic carbocycles. The summed E-state index contributed by atoms with van der Waals surface area (Å²) in [5.41, 5.74) is 9.76. The van der Waals surface area contributed by atoms with Crippen molar-refractivity contribution in [3.8, 4) is 22.5 Å². The van der Waals surface area contributed by atoms with Crippen molar-refractivity contribution in [2.75, 3.05) is 27.2 Å². The molecule has 2 saturated carbocycles. The van der Waals surface area contributed by atoms with E-state index in [1.807, 2.05) is 57.0 Å². The fraction of sp³-hybridized carbons (Fsp3) is 0.516. The number of amides is 3. The maximum atomic E-state index is 14.4. The highest BCUT2D eigenvalue weighted by Gasteiger charge is 2.42. The number of fused-ring (bicyclic) bond motifs is 2. The van der Waals surface area contributed by atoms with E-state index >= 15 is 0 Å². The largest absolute Gasteiger partial charge is 0.480 e. The molecule has 4 fully saturated rings.